The third-order valence-corrected chi connectivity index (χ3v) is 6.24. The molecule has 6 nitrogen and oxygen atoms in total. The minimum atomic E-state index is -3.00. The van der Waals surface area contributed by atoms with Gasteiger partial charge in [0, 0.05) is 19.1 Å². The molecular formula is C17H24N2O4S2. The van der Waals surface area contributed by atoms with Crippen LogP contribution in [0, 0.1) is 0 Å². The first-order valence-corrected chi connectivity index (χ1v) is 10.2. The molecule has 0 unspecified atom stereocenters. The highest BCUT2D eigenvalue weighted by Crippen LogP contribution is 2.29. The van der Waals surface area contributed by atoms with Crippen LogP contribution in [0.3, 0.4) is 0 Å². The number of nitrogens with one attached hydrogen (secondary N) is 1. The van der Waals surface area contributed by atoms with Crippen LogP contribution < -0.4 is 14.8 Å². The predicted octanol–water partition coefficient (Wildman–Crippen LogP) is 1.75. The Kier molecular flexibility index (Phi) is 6.66. The van der Waals surface area contributed by atoms with Gasteiger partial charge < -0.3 is 19.7 Å². The van der Waals surface area contributed by atoms with Crippen molar-refractivity contribution in [3.05, 3.63) is 36.4 Å². The highest BCUT2D eigenvalue weighted by atomic mass is 32.2. The second-order valence-electron chi connectivity index (χ2n) is 5.85. The Bertz CT molecular complexity index is 734. The Balaban J connectivity index is 2.23. The molecule has 1 aliphatic rings. The smallest absolute Gasteiger partial charge is 0.169 e. The topological polar surface area (TPSA) is 67.9 Å². The van der Waals surface area contributed by atoms with Gasteiger partial charge in [-0.3, -0.25) is 0 Å². The zero-order valence-corrected chi connectivity index (χ0v) is 16.2. The maximum absolute atomic E-state index is 11.9. The van der Waals surface area contributed by atoms with Gasteiger partial charge in [-0.1, -0.05) is 12.1 Å². The lowest BCUT2D eigenvalue weighted by atomic mass is 10.1. The minimum absolute atomic E-state index is 0.121. The summed E-state index contributed by atoms with van der Waals surface area (Å²) in [7, 11) is 0.163. The van der Waals surface area contributed by atoms with Crippen LogP contribution in [0.25, 0.3) is 0 Å². The van der Waals surface area contributed by atoms with Crippen LogP contribution in [-0.4, -0.2) is 56.7 Å². The fourth-order valence-electron chi connectivity index (χ4n) is 2.82. The van der Waals surface area contributed by atoms with Gasteiger partial charge in [-0.25, -0.2) is 8.42 Å². The second kappa shape index (κ2) is 8.53. The lowest BCUT2D eigenvalue weighted by Crippen LogP contribution is -2.46. The highest BCUT2D eigenvalue weighted by Gasteiger charge is 2.33. The van der Waals surface area contributed by atoms with Crippen molar-refractivity contribution in [3.63, 3.8) is 0 Å². The van der Waals surface area contributed by atoms with E-state index in [4.69, 9.17) is 21.7 Å². The maximum Gasteiger partial charge on any atom is 0.169 e. The molecule has 1 heterocycles. The number of hydrogen-bond donors (Lipinski definition) is 1. The van der Waals surface area contributed by atoms with Crippen LogP contribution in [-0.2, 0) is 16.4 Å². The van der Waals surface area contributed by atoms with E-state index >= 15 is 0 Å². The Hall–Kier alpha value is -1.80. The number of nitrogens with zero attached hydrogens (tertiary/aromatic N) is 1. The number of sulfone groups is 1. The van der Waals surface area contributed by atoms with E-state index in [0.717, 1.165) is 5.56 Å². The first-order valence-electron chi connectivity index (χ1n) is 7.97. The molecule has 0 bridgehead atoms. The zero-order chi connectivity index (χ0) is 18.4. The van der Waals surface area contributed by atoms with E-state index in [1.165, 1.54) is 0 Å². The molecule has 1 saturated heterocycles. The summed E-state index contributed by atoms with van der Waals surface area (Å²) >= 11 is 5.48. The summed E-state index contributed by atoms with van der Waals surface area (Å²) < 4.78 is 34.3. The standard InChI is InChI=1S/C17H24N2O4S2/c1-4-8-18-17(24)19(14-7-9-25(20,21)12-14)11-13-5-6-15(22-2)16(10-13)23-3/h4-6,10,14H,1,7-9,11-12H2,2-3H3,(H,18,24)/t14-/m1/s1. The first-order chi connectivity index (χ1) is 11.9. The molecule has 0 saturated carbocycles. The van der Waals surface area contributed by atoms with Gasteiger partial charge in [0.15, 0.2) is 26.4 Å². The van der Waals surface area contributed by atoms with Crippen molar-refractivity contribution in [1.29, 1.82) is 0 Å². The molecule has 0 radical (unpaired) electrons. The molecule has 1 N–H and O–H groups in total. The molecule has 2 rings (SSSR count). The van der Waals surface area contributed by atoms with Crippen molar-refractivity contribution in [2.24, 2.45) is 0 Å². The fraction of sp³-hybridized carbons (Fsp3) is 0.471. The SMILES string of the molecule is C=CCNC(=S)N(Cc1ccc(OC)c(OC)c1)[C@@H]1CCS(=O)(=O)C1. The molecule has 0 aromatic heterocycles. The van der Waals surface area contributed by atoms with Gasteiger partial charge in [0.05, 0.1) is 25.7 Å². The van der Waals surface area contributed by atoms with E-state index in [9.17, 15) is 8.42 Å². The zero-order valence-electron chi connectivity index (χ0n) is 14.5. The molecule has 8 heteroatoms. The monoisotopic (exact) mass is 384 g/mol. The molecule has 138 valence electrons. The third-order valence-electron chi connectivity index (χ3n) is 4.11. The van der Waals surface area contributed by atoms with Gasteiger partial charge in [0.2, 0.25) is 0 Å². The first kappa shape index (κ1) is 19.5. The Labute approximate surface area is 154 Å². The van der Waals surface area contributed by atoms with Crippen LogP contribution in [0.5, 0.6) is 11.5 Å². The summed E-state index contributed by atoms with van der Waals surface area (Å²) in [6.45, 7) is 4.69. The quantitative estimate of drug-likeness (QED) is 0.567. The van der Waals surface area contributed by atoms with Crippen LogP contribution in [0.1, 0.15) is 12.0 Å². The van der Waals surface area contributed by atoms with Gasteiger partial charge in [-0.15, -0.1) is 6.58 Å². The van der Waals surface area contributed by atoms with Crippen LogP contribution in [0.15, 0.2) is 30.9 Å². The molecule has 1 aliphatic heterocycles. The number of hydrogen-bond acceptors (Lipinski definition) is 5. The highest BCUT2D eigenvalue weighted by molar-refractivity contribution is 7.91. The van der Waals surface area contributed by atoms with E-state index in [2.05, 4.69) is 11.9 Å². The van der Waals surface area contributed by atoms with Gasteiger partial charge in [0.1, 0.15) is 0 Å². The van der Waals surface area contributed by atoms with Crippen molar-refractivity contribution in [1.82, 2.24) is 10.2 Å². The van der Waals surface area contributed by atoms with Gasteiger partial charge >= 0.3 is 0 Å². The summed E-state index contributed by atoms with van der Waals surface area (Å²) in [5.41, 5.74) is 0.963. The Morgan fingerprint density at radius 3 is 2.68 bits per heavy atom. The van der Waals surface area contributed by atoms with E-state index in [1.807, 2.05) is 23.1 Å². The minimum Gasteiger partial charge on any atom is -0.493 e. The van der Waals surface area contributed by atoms with Crippen molar-refractivity contribution in [2.75, 3.05) is 32.3 Å². The van der Waals surface area contributed by atoms with E-state index in [-0.39, 0.29) is 17.5 Å². The normalized spacial score (nSPS) is 18.4. The molecule has 0 aliphatic carbocycles. The Morgan fingerprint density at radius 1 is 1.40 bits per heavy atom. The molecule has 1 atom stereocenters. The lowest BCUT2D eigenvalue weighted by Gasteiger charge is -2.31. The van der Waals surface area contributed by atoms with Crippen molar-refractivity contribution < 1.29 is 17.9 Å². The van der Waals surface area contributed by atoms with Gasteiger partial charge in [-0.2, -0.15) is 0 Å². The van der Waals surface area contributed by atoms with Crippen molar-refractivity contribution in [3.8, 4) is 11.5 Å². The fourth-order valence-corrected chi connectivity index (χ4v) is 4.85. The van der Waals surface area contributed by atoms with Gasteiger partial charge in [-0.05, 0) is 36.3 Å². The maximum atomic E-state index is 11.9. The average Bonchev–Trinajstić information content (AvgIpc) is 2.96. The summed E-state index contributed by atoms with van der Waals surface area (Å²) in [6.07, 6.45) is 2.29. The average molecular weight is 385 g/mol. The molecule has 0 amide bonds. The number of thiocarbonyl (C=S) groups is 1. The number of benzene rings is 1. The van der Waals surface area contributed by atoms with Gasteiger partial charge in [0.25, 0.3) is 0 Å². The van der Waals surface area contributed by atoms with Crippen LogP contribution in [0.4, 0.5) is 0 Å². The summed E-state index contributed by atoms with van der Waals surface area (Å²) in [6, 6.07) is 5.50. The van der Waals surface area contributed by atoms with Crippen molar-refractivity contribution >= 4 is 27.2 Å². The third kappa shape index (κ3) is 5.09. The number of ether oxygens (including phenoxy) is 2. The van der Waals surface area contributed by atoms with E-state index in [1.54, 1.807) is 20.3 Å². The lowest BCUT2D eigenvalue weighted by molar-refractivity contribution is 0.321. The molecule has 0 spiro atoms. The molecule has 25 heavy (non-hydrogen) atoms. The summed E-state index contributed by atoms with van der Waals surface area (Å²) in [5, 5.41) is 3.62. The van der Waals surface area contributed by atoms with Crippen LogP contribution >= 0.6 is 12.2 Å². The molecule has 1 fully saturated rings. The largest absolute Gasteiger partial charge is 0.493 e. The summed E-state index contributed by atoms with van der Waals surface area (Å²) in [4.78, 5) is 1.94. The molecular weight excluding hydrogens is 360 g/mol. The van der Waals surface area contributed by atoms with Crippen LogP contribution in [0.2, 0.25) is 0 Å². The summed E-state index contributed by atoms with van der Waals surface area (Å²) in [5.74, 6) is 1.60. The van der Waals surface area contributed by atoms with E-state index < -0.39 is 9.84 Å². The van der Waals surface area contributed by atoms with Crippen molar-refractivity contribution in [2.45, 2.75) is 19.0 Å². The second-order valence-corrected chi connectivity index (χ2v) is 8.46. The molecule has 1 aromatic rings. The van der Waals surface area contributed by atoms with E-state index in [0.29, 0.717) is 36.1 Å². The predicted molar refractivity (Wildman–Crippen MR) is 103 cm³/mol. The Morgan fingerprint density at radius 2 is 2.12 bits per heavy atom. The number of rotatable bonds is 7. The number of methoxy groups -OCH3 is 2. The molecule has 1 aromatic carbocycles.